The number of para-hydroxylation sites is 1. The highest BCUT2D eigenvalue weighted by atomic mass is 32.2. The summed E-state index contributed by atoms with van der Waals surface area (Å²) >= 11 is 0. The molecule has 1 aromatic heterocycles. The molecule has 0 spiro atoms. The van der Waals surface area contributed by atoms with Crippen molar-refractivity contribution < 1.29 is 8.42 Å². The summed E-state index contributed by atoms with van der Waals surface area (Å²) in [7, 11) is -3.81. The van der Waals surface area contributed by atoms with Gasteiger partial charge >= 0.3 is 0 Å². The number of benzene rings is 2. The quantitative estimate of drug-likeness (QED) is 0.752. The lowest BCUT2D eigenvalue weighted by Gasteiger charge is -2.02. The van der Waals surface area contributed by atoms with Crippen molar-refractivity contribution in [1.29, 1.82) is 5.26 Å². The van der Waals surface area contributed by atoms with Gasteiger partial charge in [-0.2, -0.15) is 5.26 Å². The predicted octanol–water partition coefficient (Wildman–Crippen LogP) is 3.51. The first-order chi connectivity index (χ1) is 10.6. The average molecular weight is 308 g/mol. The van der Waals surface area contributed by atoms with Gasteiger partial charge in [0.25, 0.3) is 0 Å². The topological polar surface area (TPSA) is 73.7 Å². The molecule has 2 aromatic carbocycles. The van der Waals surface area contributed by atoms with Crippen LogP contribution < -0.4 is 0 Å². The lowest BCUT2D eigenvalue weighted by molar-refractivity contribution is 0.603. The molecule has 22 heavy (non-hydrogen) atoms. The standard InChI is InChI=1S/C17H12N2O2S/c18-11-15(22(20,21)14-6-2-1-3-7-14)10-13-12-19-17-9-5-4-8-16(13)17/h1-10,12,19H/b15-10+. The van der Waals surface area contributed by atoms with E-state index in [0.717, 1.165) is 10.9 Å². The summed E-state index contributed by atoms with van der Waals surface area (Å²) in [5.41, 5.74) is 1.56. The number of nitrogens with one attached hydrogen (secondary N) is 1. The minimum Gasteiger partial charge on any atom is -0.361 e. The first-order valence-electron chi connectivity index (χ1n) is 6.61. The molecule has 0 atom stereocenters. The van der Waals surface area contributed by atoms with Crippen LogP contribution in [0, 0.1) is 11.3 Å². The zero-order valence-corrected chi connectivity index (χ0v) is 12.3. The van der Waals surface area contributed by atoms with Crippen LogP contribution >= 0.6 is 0 Å². The van der Waals surface area contributed by atoms with E-state index in [1.807, 2.05) is 24.3 Å². The van der Waals surface area contributed by atoms with E-state index in [2.05, 4.69) is 4.98 Å². The molecule has 1 N–H and O–H groups in total. The fourth-order valence-corrected chi connectivity index (χ4v) is 3.42. The molecular formula is C17H12N2O2S. The van der Waals surface area contributed by atoms with Crippen LogP contribution in [0.4, 0.5) is 0 Å². The van der Waals surface area contributed by atoms with Crippen LogP contribution in [0.1, 0.15) is 5.56 Å². The Morgan fingerprint density at radius 3 is 2.45 bits per heavy atom. The Balaban J connectivity index is 2.14. The Morgan fingerprint density at radius 1 is 1.05 bits per heavy atom. The summed E-state index contributed by atoms with van der Waals surface area (Å²) in [5, 5.41) is 10.2. The third kappa shape index (κ3) is 2.41. The van der Waals surface area contributed by atoms with Gasteiger partial charge in [-0.05, 0) is 24.3 Å². The number of hydrogen-bond acceptors (Lipinski definition) is 3. The molecular weight excluding hydrogens is 296 g/mol. The number of rotatable bonds is 3. The monoisotopic (exact) mass is 308 g/mol. The van der Waals surface area contributed by atoms with Crippen molar-refractivity contribution in [3.63, 3.8) is 0 Å². The minimum atomic E-state index is -3.81. The first-order valence-corrected chi connectivity index (χ1v) is 8.09. The Hall–Kier alpha value is -2.84. The van der Waals surface area contributed by atoms with Gasteiger partial charge in [0.2, 0.25) is 9.84 Å². The Morgan fingerprint density at radius 2 is 1.73 bits per heavy atom. The normalized spacial score (nSPS) is 12.2. The predicted molar refractivity (Wildman–Crippen MR) is 85.5 cm³/mol. The average Bonchev–Trinajstić information content (AvgIpc) is 2.96. The highest BCUT2D eigenvalue weighted by molar-refractivity contribution is 7.95. The molecule has 0 aliphatic heterocycles. The smallest absolute Gasteiger partial charge is 0.216 e. The maximum Gasteiger partial charge on any atom is 0.216 e. The van der Waals surface area contributed by atoms with Gasteiger partial charge in [-0.3, -0.25) is 0 Å². The molecule has 0 aliphatic rings. The highest BCUT2D eigenvalue weighted by Crippen LogP contribution is 2.24. The van der Waals surface area contributed by atoms with E-state index in [4.69, 9.17) is 0 Å². The van der Waals surface area contributed by atoms with Crippen molar-refractivity contribution in [3.05, 3.63) is 71.3 Å². The van der Waals surface area contributed by atoms with Crippen LogP contribution in [0.15, 0.2) is 70.6 Å². The van der Waals surface area contributed by atoms with Crippen LogP contribution in [0.25, 0.3) is 17.0 Å². The first kappa shape index (κ1) is 14.1. The molecule has 0 bridgehead atoms. The minimum absolute atomic E-state index is 0.114. The van der Waals surface area contributed by atoms with Crippen LogP contribution in [0.5, 0.6) is 0 Å². The molecule has 0 unspecified atom stereocenters. The lowest BCUT2D eigenvalue weighted by atomic mass is 10.1. The number of nitriles is 1. The van der Waals surface area contributed by atoms with Crippen molar-refractivity contribution in [1.82, 2.24) is 4.98 Å². The number of aromatic nitrogens is 1. The van der Waals surface area contributed by atoms with Gasteiger partial charge in [0.05, 0.1) is 4.90 Å². The van der Waals surface area contributed by atoms with Gasteiger partial charge in [-0.25, -0.2) is 8.42 Å². The molecule has 3 aromatic rings. The molecule has 0 saturated heterocycles. The van der Waals surface area contributed by atoms with E-state index in [9.17, 15) is 13.7 Å². The number of aromatic amines is 1. The maximum atomic E-state index is 12.5. The molecule has 0 saturated carbocycles. The van der Waals surface area contributed by atoms with E-state index in [1.165, 1.54) is 18.2 Å². The second-order valence-corrected chi connectivity index (χ2v) is 6.64. The number of nitrogens with zero attached hydrogens (tertiary/aromatic N) is 1. The van der Waals surface area contributed by atoms with E-state index >= 15 is 0 Å². The fourth-order valence-electron chi connectivity index (χ4n) is 2.25. The van der Waals surface area contributed by atoms with Gasteiger partial charge in [0, 0.05) is 22.7 Å². The van der Waals surface area contributed by atoms with Crippen molar-refractivity contribution in [2.45, 2.75) is 4.90 Å². The van der Waals surface area contributed by atoms with E-state index in [-0.39, 0.29) is 9.80 Å². The number of sulfone groups is 1. The van der Waals surface area contributed by atoms with Gasteiger partial charge in [-0.15, -0.1) is 0 Å². The van der Waals surface area contributed by atoms with Crippen molar-refractivity contribution in [3.8, 4) is 6.07 Å². The highest BCUT2D eigenvalue weighted by Gasteiger charge is 2.20. The van der Waals surface area contributed by atoms with Gasteiger partial charge in [0.1, 0.15) is 11.0 Å². The van der Waals surface area contributed by atoms with Crippen molar-refractivity contribution >= 4 is 26.8 Å². The number of allylic oxidation sites excluding steroid dienone is 1. The molecule has 108 valence electrons. The third-order valence-corrected chi connectivity index (χ3v) is 5.04. The summed E-state index contributed by atoms with van der Waals surface area (Å²) in [5.74, 6) is 0. The van der Waals surface area contributed by atoms with E-state index < -0.39 is 9.84 Å². The van der Waals surface area contributed by atoms with Crippen molar-refractivity contribution in [2.24, 2.45) is 0 Å². The number of fused-ring (bicyclic) bond motifs is 1. The molecule has 5 heteroatoms. The molecule has 3 rings (SSSR count). The number of H-pyrrole nitrogens is 1. The summed E-state index contributed by atoms with van der Waals surface area (Å²) in [6, 6.07) is 17.3. The summed E-state index contributed by atoms with van der Waals surface area (Å²) in [6.45, 7) is 0. The fraction of sp³-hybridized carbons (Fsp3) is 0. The molecule has 0 aliphatic carbocycles. The largest absolute Gasteiger partial charge is 0.361 e. The maximum absolute atomic E-state index is 12.5. The second-order valence-electron chi connectivity index (χ2n) is 4.73. The molecule has 0 amide bonds. The van der Waals surface area contributed by atoms with Crippen LogP contribution in [0.2, 0.25) is 0 Å². The summed E-state index contributed by atoms with van der Waals surface area (Å²) in [4.78, 5) is 2.90. The Kier molecular flexibility index (Phi) is 3.53. The summed E-state index contributed by atoms with van der Waals surface area (Å²) < 4.78 is 25.0. The molecule has 4 nitrogen and oxygen atoms in total. The Bertz CT molecular complexity index is 994. The molecule has 0 fully saturated rings. The molecule has 0 radical (unpaired) electrons. The second kappa shape index (κ2) is 5.51. The van der Waals surface area contributed by atoms with E-state index in [0.29, 0.717) is 5.56 Å². The van der Waals surface area contributed by atoms with Crippen LogP contribution in [-0.4, -0.2) is 13.4 Å². The zero-order valence-electron chi connectivity index (χ0n) is 11.5. The van der Waals surface area contributed by atoms with Gasteiger partial charge in [0.15, 0.2) is 0 Å². The number of hydrogen-bond donors (Lipinski definition) is 1. The van der Waals surface area contributed by atoms with Gasteiger partial charge in [-0.1, -0.05) is 36.4 Å². The molecule has 1 heterocycles. The SMILES string of the molecule is N#C/C(=C\c1c[nH]c2ccccc12)S(=O)(=O)c1ccccc1. The van der Waals surface area contributed by atoms with Crippen LogP contribution in [-0.2, 0) is 9.84 Å². The summed E-state index contributed by atoms with van der Waals surface area (Å²) in [6.07, 6.45) is 3.10. The van der Waals surface area contributed by atoms with E-state index in [1.54, 1.807) is 30.5 Å². The Labute approximate surface area is 128 Å². The van der Waals surface area contributed by atoms with Crippen LogP contribution in [0.3, 0.4) is 0 Å². The zero-order chi connectivity index (χ0) is 15.6. The third-order valence-electron chi connectivity index (χ3n) is 3.36. The van der Waals surface area contributed by atoms with Crippen molar-refractivity contribution in [2.75, 3.05) is 0 Å². The lowest BCUT2D eigenvalue weighted by Crippen LogP contribution is -2.03. The van der Waals surface area contributed by atoms with Gasteiger partial charge < -0.3 is 4.98 Å².